The fourth-order valence-corrected chi connectivity index (χ4v) is 3.01. The Morgan fingerprint density at radius 3 is 2.48 bits per heavy atom. The third-order valence-corrected chi connectivity index (χ3v) is 4.64. The molecular weight excluding hydrogens is 347 g/mol. The van der Waals surface area contributed by atoms with Crippen LogP contribution < -0.4 is 10.1 Å². The Balaban J connectivity index is 1.88. The summed E-state index contributed by atoms with van der Waals surface area (Å²) in [5.41, 5.74) is -0.0551. The van der Waals surface area contributed by atoms with Crippen molar-refractivity contribution in [1.82, 2.24) is 10.2 Å². The fraction of sp³-hybridized carbons (Fsp3) is 0.222. The molecule has 5 nitrogen and oxygen atoms in total. The van der Waals surface area contributed by atoms with Crippen molar-refractivity contribution >= 4 is 23.5 Å². The highest BCUT2D eigenvalue weighted by molar-refractivity contribution is 6.31. The average Bonchev–Trinajstić information content (AvgIpc) is 2.81. The van der Waals surface area contributed by atoms with Crippen LogP contribution in [0.2, 0.25) is 5.02 Å². The van der Waals surface area contributed by atoms with Crippen LogP contribution in [0.5, 0.6) is 5.75 Å². The van der Waals surface area contributed by atoms with Crippen LogP contribution in [0.25, 0.3) is 0 Å². The Bertz CT molecular complexity index is 841. The van der Waals surface area contributed by atoms with Gasteiger partial charge in [-0.1, -0.05) is 29.8 Å². The zero-order valence-corrected chi connectivity index (χ0v) is 14.4. The summed E-state index contributed by atoms with van der Waals surface area (Å²) < 4.78 is 18.3. The molecule has 1 saturated heterocycles. The van der Waals surface area contributed by atoms with E-state index in [1.807, 2.05) is 0 Å². The third-order valence-electron chi connectivity index (χ3n) is 4.29. The molecule has 1 atom stereocenters. The van der Waals surface area contributed by atoms with Gasteiger partial charge in [-0.2, -0.15) is 0 Å². The van der Waals surface area contributed by atoms with Gasteiger partial charge in [0.05, 0.1) is 13.7 Å². The van der Waals surface area contributed by atoms with E-state index in [0.717, 1.165) is 11.0 Å². The van der Waals surface area contributed by atoms with Crippen molar-refractivity contribution in [2.24, 2.45) is 0 Å². The molecule has 3 amide bonds. The van der Waals surface area contributed by atoms with Crippen LogP contribution in [0.1, 0.15) is 18.1 Å². The maximum atomic E-state index is 13.2. The number of ether oxygens (including phenoxy) is 1. The van der Waals surface area contributed by atoms with Gasteiger partial charge in [0.25, 0.3) is 5.91 Å². The van der Waals surface area contributed by atoms with Gasteiger partial charge in [0.1, 0.15) is 17.1 Å². The molecule has 0 aliphatic carbocycles. The number of carbonyl (C=O) groups excluding carboxylic acids is 2. The maximum absolute atomic E-state index is 13.2. The zero-order chi connectivity index (χ0) is 18.2. The van der Waals surface area contributed by atoms with Gasteiger partial charge in [0.2, 0.25) is 0 Å². The lowest BCUT2D eigenvalue weighted by Gasteiger charge is -2.22. The number of halogens is 2. The highest BCUT2D eigenvalue weighted by atomic mass is 35.5. The first-order valence-corrected chi connectivity index (χ1v) is 7.95. The van der Waals surface area contributed by atoms with Crippen LogP contribution in [-0.4, -0.2) is 23.9 Å². The summed E-state index contributed by atoms with van der Waals surface area (Å²) in [6.07, 6.45) is 0. The highest BCUT2D eigenvalue weighted by Gasteiger charge is 2.48. The summed E-state index contributed by atoms with van der Waals surface area (Å²) in [5, 5.41) is 2.88. The number of imide groups is 1. The lowest BCUT2D eigenvalue weighted by molar-refractivity contribution is -0.131. The molecule has 0 aromatic heterocycles. The van der Waals surface area contributed by atoms with Crippen LogP contribution in [0.4, 0.5) is 9.18 Å². The lowest BCUT2D eigenvalue weighted by Crippen LogP contribution is -2.40. The number of nitrogens with one attached hydrogen (secondary N) is 1. The molecule has 0 saturated carbocycles. The predicted molar refractivity (Wildman–Crippen MR) is 90.8 cm³/mol. The number of urea groups is 1. The minimum absolute atomic E-state index is 0.0322. The molecule has 3 rings (SSSR count). The Hall–Kier alpha value is -2.60. The molecular formula is C18H16ClFN2O3. The van der Waals surface area contributed by atoms with Crippen LogP contribution in [0.15, 0.2) is 42.5 Å². The van der Waals surface area contributed by atoms with E-state index in [1.165, 1.54) is 12.1 Å². The van der Waals surface area contributed by atoms with E-state index in [1.54, 1.807) is 38.3 Å². The molecule has 25 heavy (non-hydrogen) atoms. The zero-order valence-electron chi connectivity index (χ0n) is 13.7. The van der Waals surface area contributed by atoms with Crippen molar-refractivity contribution in [2.75, 3.05) is 7.11 Å². The summed E-state index contributed by atoms with van der Waals surface area (Å²) >= 11 is 6.00. The van der Waals surface area contributed by atoms with Crippen LogP contribution in [0, 0.1) is 5.82 Å². The van der Waals surface area contributed by atoms with Gasteiger partial charge in [-0.3, -0.25) is 9.69 Å². The van der Waals surface area contributed by atoms with Crippen molar-refractivity contribution in [3.05, 3.63) is 64.4 Å². The smallest absolute Gasteiger partial charge is 0.325 e. The van der Waals surface area contributed by atoms with E-state index in [9.17, 15) is 14.0 Å². The standard InChI is InChI=1S/C18H16ClFN2O3/c1-18(12-4-7-14(25-2)8-5-12)16(23)22(17(24)21-18)10-11-3-6-13(20)9-15(11)19/h3-9H,10H2,1-2H3,(H,21,24). The molecule has 1 unspecified atom stereocenters. The second-order valence-corrected chi connectivity index (χ2v) is 6.32. The summed E-state index contributed by atoms with van der Waals surface area (Å²) in [6.45, 7) is 1.61. The molecule has 2 aromatic carbocycles. The number of rotatable bonds is 4. The van der Waals surface area contributed by atoms with Gasteiger partial charge in [-0.05, 0) is 42.3 Å². The van der Waals surface area contributed by atoms with Crippen molar-refractivity contribution in [3.63, 3.8) is 0 Å². The maximum Gasteiger partial charge on any atom is 0.325 e. The highest BCUT2D eigenvalue weighted by Crippen LogP contribution is 2.31. The monoisotopic (exact) mass is 362 g/mol. The molecule has 0 bridgehead atoms. The second kappa shape index (κ2) is 6.37. The molecule has 1 N–H and O–H groups in total. The first kappa shape index (κ1) is 17.2. The number of benzene rings is 2. The summed E-state index contributed by atoms with van der Waals surface area (Å²) in [5.74, 6) is -0.226. The van der Waals surface area contributed by atoms with Crippen molar-refractivity contribution in [3.8, 4) is 5.75 Å². The Labute approximate surface area is 149 Å². The van der Waals surface area contributed by atoms with Gasteiger partial charge in [-0.25, -0.2) is 9.18 Å². The number of hydrogen-bond donors (Lipinski definition) is 1. The molecule has 1 aliphatic rings. The van der Waals surface area contributed by atoms with Crippen molar-refractivity contribution in [2.45, 2.75) is 19.0 Å². The first-order valence-electron chi connectivity index (χ1n) is 7.57. The molecule has 130 valence electrons. The summed E-state index contributed by atoms with van der Waals surface area (Å²) in [7, 11) is 1.55. The SMILES string of the molecule is COc1ccc(C2(C)NC(=O)N(Cc3ccc(F)cc3Cl)C2=O)cc1. The largest absolute Gasteiger partial charge is 0.497 e. The normalized spacial score (nSPS) is 19.9. The molecule has 0 spiro atoms. The van der Waals surface area contributed by atoms with Gasteiger partial charge < -0.3 is 10.1 Å². The molecule has 0 radical (unpaired) electrons. The number of amides is 3. The number of carbonyl (C=O) groups is 2. The van der Waals surface area contributed by atoms with Crippen LogP contribution in [0.3, 0.4) is 0 Å². The molecule has 1 aliphatic heterocycles. The van der Waals surface area contributed by atoms with E-state index in [2.05, 4.69) is 5.32 Å². The quantitative estimate of drug-likeness (QED) is 0.847. The molecule has 1 heterocycles. The lowest BCUT2D eigenvalue weighted by atomic mass is 9.92. The Morgan fingerprint density at radius 2 is 1.88 bits per heavy atom. The van der Waals surface area contributed by atoms with Crippen LogP contribution in [-0.2, 0) is 16.9 Å². The Kier molecular flexibility index (Phi) is 4.39. The van der Waals surface area contributed by atoms with E-state index in [0.29, 0.717) is 16.9 Å². The average molecular weight is 363 g/mol. The minimum atomic E-state index is -1.18. The topological polar surface area (TPSA) is 58.6 Å². The Morgan fingerprint density at radius 1 is 1.20 bits per heavy atom. The van der Waals surface area contributed by atoms with Gasteiger partial charge >= 0.3 is 6.03 Å². The van der Waals surface area contributed by atoms with E-state index in [-0.39, 0.29) is 11.6 Å². The molecule has 1 fully saturated rings. The van der Waals surface area contributed by atoms with Crippen molar-refractivity contribution in [1.29, 1.82) is 0 Å². The molecule has 7 heteroatoms. The number of methoxy groups -OCH3 is 1. The van der Waals surface area contributed by atoms with E-state index >= 15 is 0 Å². The van der Waals surface area contributed by atoms with Gasteiger partial charge in [0.15, 0.2) is 0 Å². The van der Waals surface area contributed by atoms with Gasteiger partial charge in [0, 0.05) is 5.02 Å². The minimum Gasteiger partial charge on any atom is -0.497 e. The molecule has 2 aromatic rings. The fourth-order valence-electron chi connectivity index (χ4n) is 2.78. The van der Waals surface area contributed by atoms with E-state index in [4.69, 9.17) is 16.3 Å². The third kappa shape index (κ3) is 3.05. The first-order chi connectivity index (χ1) is 11.8. The van der Waals surface area contributed by atoms with Crippen LogP contribution >= 0.6 is 11.6 Å². The van der Waals surface area contributed by atoms with Gasteiger partial charge in [-0.15, -0.1) is 0 Å². The summed E-state index contributed by atoms with van der Waals surface area (Å²) in [4.78, 5) is 26.3. The van der Waals surface area contributed by atoms with Crippen molar-refractivity contribution < 1.29 is 18.7 Å². The number of nitrogens with zero attached hydrogens (tertiary/aromatic N) is 1. The predicted octanol–water partition coefficient (Wildman–Crippen LogP) is 3.45. The second-order valence-electron chi connectivity index (χ2n) is 5.91. The van der Waals surface area contributed by atoms with E-state index < -0.39 is 23.3 Å². The summed E-state index contributed by atoms with van der Waals surface area (Å²) in [6, 6.07) is 10.2. The number of hydrogen-bond acceptors (Lipinski definition) is 3.